The number of carbonyl (C=O) groups is 2. The zero-order valence-corrected chi connectivity index (χ0v) is 10.4. The first-order valence-electron chi connectivity index (χ1n) is 6.13. The summed E-state index contributed by atoms with van der Waals surface area (Å²) in [5, 5.41) is 17.9. The molecule has 7 heteroatoms. The lowest BCUT2D eigenvalue weighted by Gasteiger charge is -2.35. The quantitative estimate of drug-likeness (QED) is 0.525. The van der Waals surface area contributed by atoms with Gasteiger partial charge in [-0.25, -0.2) is 0 Å². The fourth-order valence-corrected chi connectivity index (χ4v) is 1.92. The molecule has 104 valence electrons. The molecule has 1 atom stereocenters. The smallest absolute Gasteiger partial charge is 0.303 e. The first-order valence-corrected chi connectivity index (χ1v) is 6.13. The fourth-order valence-electron chi connectivity index (χ4n) is 1.92. The van der Waals surface area contributed by atoms with E-state index in [1.54, 1.807) is 4.90 Å². The van der Waals surface area contributed by atoms with Crippen LogP contribution in [0.3, 0.4) is 0 Å². The summed E-state index contributed by atoms with van der Waals surface area (Å²) in [7, 11) is 0. The van der Waals surface area contributed by atoms with Crippen LogP contribution in [0.4, 0.5) is 0 Å². The molecule has 1 aliphatic heterocycles. The van der Waals surface area contributed by atoms with Crippen LogP contribution in [0.5, 0.6) is 0 Å². The maximum Gasteiger partial charge on any atom is 0.303 e. The topological polar surface area (TPSA) is 107 Å². The van der Waals surface area contributed by atoms with E-state index in [2.05, 4.69) is 4.90 Å². The van der Waals surface area contributed by atoms with Gasteiger partial charge in [0, 0.05) is 45.7 Å². The predicted molar refractivity (Wildman–Crippen MR) is 65.0 cm³/mol. The Kier molecular flexibility index (Phi) is 6.03. The van der Waals surface area contributed by atoms with Gasteiger partial charge in [-0.1, -0.05) is 0 Å². The molecule has 0 bridgehead atoms. The number of carboxylic acid groups (broad SMARTS) is 1. The number of aliphatic hydroxyl groups is 1. The van der Waals surface area contributed by atoms with Gasteiger partial charge in [-0.05, 0) is 0 Å². The van der Waals surface area contributed by atoms with Crippen LogP contribution >= 0.6 is 0 Å². The van der Waals surface area contributed by atoms with Gasteiger partial charge in [-0.15, -0.1) is 0 Å². The zero-order chi connectivity index (χ0) is 13.5. The molecule has 0 aliphatic carbocycles. The van der Waals surface area contributed by atoms with Gasteiger partial charge in [0.05, 0.1) is 12.5 Å². The van der Waals surface area contributed by atoms with Gasteiger partial charge in [0.1, 0.15) is 0 Å². The van der Waals surface area contributed by atoms with Crippen molar-refractivity contribution in [3.8, 4) is 0 Å². The van der Waals surface area contributed by atoms with Crippen LogP contribution in [0.15, 0.2) is 0 Å². The number of rotatable bonds is 6. The van der Waals surface area contributed by atoms with E-state index in [4.69, 9.17) is 10.8 Å². The highest BCUT2D eigenvalue weighted by Gasteiger charge is 2.22. The maximum absolute atomic E-state index is 11.7. The van der Waals surface area contributed by atoms with Crippen molar-refractivity contribution >= 4 is 11.9 Å². The Morgan fingerprint density at radius 1 is 1.17 bits per heavy atom. The van der Waals surface area contributed by atoms with Crippen LogP contribution in [0.25, 0.3) is 0 Å². The summed E-state index contributed by atoms with van der Waals surface area (Å²) in [5.74, 6) is -1.07. The van der Waals surface area contributed by atoms with E-state index in [0.29, 0.717) is 32.7 Å². The molecule has 1 rings (SSSR count). The number of carbonyl (C=O) groups excluding carboxylic acids is 1. The van der Waals surface area contributed by atoms with Crippen LogP contribution in [-0.2, 0) is 9.59 Å². The molecular formula is C11H21N3O4. The number of nitrogens with two attached hydrogens (primary N) is 1. The first-order chi connectivity index (χ1) is 8.52. The molecular weight excluding hydrogens is 238 g/mol. The monoisotopic (exact) mass is 259 g/mol. The summed E-state index contributed by atoms with van der Waals surface area (Å²) in [6, 6.07) is 0. The molecule has 0 aromatic carbocycles. The number of hydrogen-bond donors (Lipinski definition) is 3. The molecule has 0 aromatic rings. The average Bonchev–Trinajstić information content (AvgIpc) is 2.36. The van der Waals surface area contributed by atoms with Crippen LogP contribution in [0.2, 0.25) is 0 Å². The molecule has 0 aromatic heterocycles. The number of carboxylic acids is 1. The molecule has 4 N–H and O–H groups in total. The number of nitrogens with zero attached hydrogens (tertiary/aromatic N) is 2. The van der Waals surface area contributed by atoms with Crippen molar-refractivity contribution in [3.05, 3.63) is 0 Å². The van der Waals surface area contributed by atoms with Gasteiger partial charge in [0.15, 0.2) is 0 Å². The summed E-state index contributed by atoms with van der Waals surface area (Å²) >= 11 is 0. The number of piperazine rings is 1. The zero-order valence-electron chi connectivity index (χ0n) is 10.4. The third kappa shape index (κ3) is 4.99. The summed E-state index contributed by atoms with van der Waals surface area (Å²) in [6.07, 6.45) is -0.592. The molecule has 7 nitrogen and oxygen atoms in total. The van der Waals surface area contributed by atoms with Crippen LogP contribution < -0.4 is 5.73 Å². The van der Waals surface area contributed by atoms with E-state index in [0.717, 1.165) is 0 Å². The highest BCUT2D eigenvalue weighted by atomic mass is 16.4. The second kappa shape index (κ2) is 7.30. The van der Waals surface area contributed by atoms with Crippen molar-refractivity contribution in [2.24, 2.45) is 5.73 Å². The van der Waals surface area contributed by atoms with Gasteiger partial charge in [-0.2, -0.15) is 0 Å². The number of hydrogen-bond acceptors (Lipinski definition) is 5. The predicted octanol–water partition coefficient (Wildman–Crippen LogP) is -1.68. The molecule has 0 saturated carbocycles. The van der Waals surface area contributed by atoms with E-state index >= 15 is 0 Å². The van der Waals surface area contributed by atoms with Crippen LogP contribution in [0, 0.1) is 0 Å². The Bertz CT molecular complexity index is 290. The number of aliphatic carboxylic acids is 1. The molecule has 0 radical (unpaired) electrons. The lowest BCUT2D eigenvalue weighted by atomic mass is 10.2. The standard InChI is InChI=1S/C11H21N3O4/c12-7-9(15)8-13-3-5-14(6-4-13)10(16)1-2-11(17)18/h9,15H,1-8,12H2,(H,17,18). The van der Waals surface area contributed by atoms with E-state index in [-0.39, 0.29) is 25.3 Å². The lowest BCUT2D eigenvalue weighted by Crippen LogP contribution is -2.51. The molecule has 1 amide bonds. The van der Waals surface area contributed by atoms with Crippen molar-refractivity contribution in [3.63, 3.8) is 0 Å². The highest BCUT2D eigenvalue weighted by Crippen LogP contribution is 2.05. The SMILES string of the molecule is NCC(O)CN1CCN(C(=O)CCC(=O)O)CC1. The second-order valence-corrected chi connectivity index (χ2v) is 4.46. The minimum absolute atomic E-state index is 0.0563. The third-order valence-electron chi connectivity index (χ3n) is 3.02. The Hall–Kier alpha value is -1.18. The molecule has 1 saturated heterocycles. The Morgan fingerprint density at radius 2 is 1.78 bits per heavy atom. The largest absolute Gasteiger partial charge is 0.481 e. The van der Waals surface area contributed by atoms with Crippen molar-refractivity contribution in [2.45, 2.75) is 18.9 Å². The van der Waals surface area contributed by atoms with Crippen molar-refractivity contribution in [1.29, 1.82) is 0 Å². The molecule has 1 unspecified atom stereocenters. The fraction of sp³-hybridized carbons (Fsp3) is 0.818. The van der Waals surface area contributed by atoms with Crippen molar-refractivity contribution in [2.75, 3.05) is 39.3 Å². The van der Waals surface area contributed by atoms with Gasteiger partial charge in [0.2, 0.25) is 5.91 Å². The molecule has 18 heavy (non-hydrogen) atoms. The average molecular weight is 259 g/mol. The van der Waals surface area contributed by atoms with Gasteiger partial charge >= 0.3 is 5.97 Å². The van der Waals surface area contributed by atoms with Crippen LogP contribution in [-0.4, -0.2) is 77.3 Å². The second-order valence-electron chi connectivity index (χ2n) is 4.46. The Labute approximate surface area is 106 Å². The summed E-state index contributed by atoms with van der Waals surface area (Å²) in [5.41, 5.74) is 5.34. The van der Waals surface area contributed by atoms with Crippen molar-refractivity contribution in [1.82, 2.24) is 9.80 Å². The van der Waals surface area contributed by atoms with Gasteiger partial charge in [-0.3, -0.25) is 14.5 Å². The van der Waals surface area contributed by atoms with E-state index in [1.807, 2.05) is 0 Å². The normalized spacial score (nSPS) is 18.7. The molecule has 1 aliphatic rings. The number of β-amino-alcohol motifs (C(OH)–C–C–N with tert-alkyl or cyclic N) is 1. The minimum atomic E-state index is -0.951. The minimum Gasteiger partial charge on any atom is -0.481 e. The number of amides is 1. The van der Waals surface area contributed by atoms with Crippen LogP contribution in [0.1, 0.15) is 12.8 Å². The summed E-state index contributed by atoms with van der Waals surface area (Å²) < 4.78 is 0. The molecule has 0 spiro atoms. The van der Waals surface area contributed by atoms with E-state index in [9.17, 15) is 14.7 Å². The third-order valence-corrected chi connectivity index (χ3v) is 3.02. The maximum atomic E-state index is 11.7. The Balaban J connectivity index is 2.26. The molecule has 1 fully saturated rings. The molecule has 1 heterocycles. The highest BCUT2D eigenvalue weighted by molar-refractivity contribution is 5.80. The van der Waals surface area contributed by atoms with E-state index < -0.39 is 12.1 Å². The number of aliphatic hydroxyl groups excluding tert-OH is 1. The summed E-state index contributed by atoms with van der Waals surface area (Å²) in [6.45, 7) is 3.29. The van der Waals surface area contributed by atoms with Gasteiger partial charge < -0.3 is 20.8 Å². The summed E-state index contributed by atoms with van der Waals surface area (Å²) in [4.78, 5) is 25.8. The first kappa shape index (κ1) is 14.9. The lowest BCUT2D eigenvalue weighted by molar-refractivity contribution is -0.141. The van der Waals surface area contributed by atoms with Crippen molar-refractivity contribution < 1.29 is 19.8 Å². The van der Waals surface area contributed by atoms with Gasteiger partial charge in [0.25, 0.3) is 0 Å². The van der Waals surface area contributed by atoms with E-state index in [1.165, 1.54) is 0 Å². The Morgan fingerprint density at radius 3 is 2.28 bits per heavy atom.